The van der Waals surface area contributed by atoms with E-state index in [-0.39, 0.29) is 12.3 Å². The maximum absolute atomic E-state index is 12.6. The van der Waals surface area contributed by atoms with E-state index in [0.29, 0.717) is 23.7 Å². The van der Waals surface area contributed by atoms with E-state index in [2.05, 4.69) is 5.32 Å². The Labute approximate surface area is 170 Å². The lowest BCUT2D eigenvalue weighted by molar-refractivity contribution is -0.135. The number of carbonyl (C=O) groups is 2. The Bertz CT molecular complexity index is 941. The maximum Gasteiger partial charge on any atom is 0.313 e. The third-order valence-corrected chi connectivity index (χ3v) is 4.29. The van der Waals surface area contributed by atoms with Crippen LogP contribution in [0.3, 0.4) is 0 Å². The number of hydrogen-bond donors (Lipinski definition) is 1. The average Bonchev–Trinajstić information content (AvgIpc) is 2.76. The van der Waals surface area contributed by atoms with Crippen LogP contribution >= 0.6 is 0 Å². The molecule has 0 heterocycles. The zero-order chi connectivity index (χ0) is 20.5. The summed E-state index contributed by atoms with van der Waals surface area (Å²) in [4.78, 5) is 25.3. The number of rotatable bonds is 8. The molecule has 3 aromatic carbocycles. The van der Waals surface area contributed by atoms with Crippen molar-refractivity contribution in [1.82, 2.24) is 5.32 Å². The quantitative estimate of drug-likeness (QED) is 0.453. The van der Waals surface area contributed by atoms with Crippen LogP contribution < -0.4 is 14.8 Å². The van der Waals surface area contributed by atoms with Gasteiger partial charge in [0.2, 0.25) is 0 Å². The van der Waals surface area contributed by atoms with Crippen LogP contribution in [0.4, 0.5) is 0 Å². The fourth-order valence-corrected chi connectivity index (χ4v) is 2.91. The van der Waals surface area contributed by atoms with Crippen LogP contribution in [0.2, 0.25) is 0 Å². The second-order valence-corrected chi connectivity index (χ2v) is 6.36. The van der Waals surface area contributed by atoms with Crippen molar-refractivity contribution in [3.05, 3.63) is 96.1 Å². The summed E-state index contributed by atoms with van der Waals surface area (Å²) in [6.45, 7) is 2.33. The highest BCUT2D eigenvalue weighted by molar-refractivity contribution is 5.94. The minimum Gasteiger partial charge on any atom is -0.490 e. The molecule has 1 atom stereocenters. The third kappa shape index (κ3) is 5.69. The highest BCUT2D eigenvalue weighted by Gasteiger charge is 2.21. The van der Waals surface area contributed by atoms with Crippen LogP contribution in [0.1, 0.15) is 35.3 Å². The zero-order valence-corrected chi connectivity index (χ0v) is 16.2. The van der Waals surface area contributed by atoms with E-state index < -0.39 is 12.0 Å². The lowest BCUT2D eigenvalue weighted by atomic mass is 10.0. The van der Waals surface area contributed by atoms with Gasteiger partial charge in [0.1, 0.15) is 0 Å². The van der Waals surface area contributed by atoms with Crippen molar-refractivity contribution in [2.24, 2.45) is 0 Å². The number of hydrogen-bond acceptors (Lipinski definition) is 4. The lowest BCUT2D eigenvalue weighted by Gasteiger charge is -2.19. The average molecular weight is 389 g/mol. The Morgan fingerprint density at radius 2 is 1.41 bits per heavy atom. The SMILES string of the molecule is CCOc1ccccc1OC(=O)CC(NC(=O)c1ccccc1)c1ccccc1. The topological polar surface area (TPSA) is 64.6 Å². The summed E-state index contributed by atoms with van der Waals surface area (Å²) in [5.41, 5.74) is 1.36. The fourth-order valence-electron chi connectivity index (χ4n) is 2.91. The molecule has 29 heavy (non-hydrogen) atoms. The largest absolute Gasteiger partial charge is 0.490 e. The molecule has 5 heteroatoms. The molecule has 0 aliphatic carbocycles. The maximum atomic E-state index is 12.6. The van der Waals surface area contributed by atoms with Crippen molar-refractivity contribution in [2.75, 3.05) is 6.61 Å². The van der Waals surface area contributed by atoms with Gasteiger partial charge in [-0.1, -0.05) is 60.7 Å². The first-order chi connectivity index (χ1) is 14.2. The van der Waals surface area contributed by atoms with Crippen molar-refractivity contribution in [2.45, 2.75) is 19.4 Å². The van der Waals surface area contributed by atoms with E-state index in [1.807, 2.05) is 49.4 Å². The number of benzene rings is 3. The first kappa shape index (κ1) is 20.1. The molecular formula is C24H23NO4. The molecule has 1 N–H and O–H groups in total. The van der Waals surface area contributed by atoms with Crippen LogP contribution in [-0.2, 0) is 4.79 Å². The van der Waals surface area contributed by atoms with E-state index in [4.69, 9.17) is 9.47 Å². The summed E-state index contributed by atoms with van der Waals surface area (Å²) in [5, 5.41) is 2.94. The van der Waals surface area contributed by atoms with Gasteiger partial charge in [-0.3, -0.25) is 9.59 Å². The Kier molecular flexibility index (Phi) is 7.00. The summed E-state index contributed by atoms with van der Waals surface area (Å²) < 4.78 is 11.0. The summed E-state index contributed by atoms with van der Waals surface area (Å²) in [7, 11) is 0. The minimum atomic E-state index is -0.518. The van der Waals surface area contributed by atoms with Gasteiger partial charge in [0.15, 0.2) is 11.5 Å². The van der Waals surface area contributed by atoms with Gasteiger partial charge in [-0.25, -0.2) is 0 Å². The van der Waals surface area contributed by atoms with Crippen molar-refractivity contribution in [1.29, 1.82) is 0 Å². The molecule has 0 fully saturated rings. The van der Waals surface area contributed by atoms with Gasteiger partial charge < -0.3 is 14.8 Å². The van der Waals surface area contributed by atoms with Gasteiger partial charge in [0, 0.05) is 5.56 Å². The number of esters is 1. The fraction of sp³-hybridized carbons (Fsp3) is 0.167. The van der Waals surface area contributed by atoms with Crippen molar-refractivity contribution >= 4 is 11.9 Å². The Hall–Kier alpha value is -3.60. The van der Waals surface area contributed by atoms with Crippen LogP contribution in [-0.4, -0.2) is 18.5 Å². The van der Waals surface area contributed by atoms with Gasteiger partial charge >= 0.3 is 5.97 Å². The molecule has 0 saturated heterocycles. The number of ether oxygens (including phenoxy) is 2. The monoisotopic (exact) mass is 389 g/mol. The normalized spacial score (nSPS) is 11.3. The lowest BCUT2D eigenvalue weighted by Crippen LogP contribution is -2.31. The van der Waals surface area contributed by atoms with Gasteiger partial charge in [-0.2, -0.15) is 0 Å². The molecule has 3 aromatic rings. The van der Waals surface area contributed by atoms with Crippen LogP contribution in [0.25, 0.3) is 0 Å². The Morgan fingerprint density at radius 3 is 2.07 bits per heavy atom. The molecule has 1 amide bonds. The molecule has 5 nitrogen and oxygen atoms in total. The van der Waals surface area contributed by atoms with E-state index in [9.17, 15) is 9.59 Å². The predicted octanol–water partition coefficient (Wildman–Crippen LogP) is 4.55. The molecule has 0 bridgehead atoms. The van der Waals surface area contributed by atoms with E-state index in [1.165, 1.54) is 0 Å². The molecule has 0 saturated carbocycles. The molecule has 0 aromatic heterocycles. The molecule has 0 aliphatic rings. The van der Waals surface area contributed by atoms with Crippen molar-refractivity contribution < 1.29 is 19.1 Å². The molecule has 0 aliphatic heterocycles. The standard InChI is InChI=1S/C24H23NO4/c1-2-28-21-15-9-10-16-22(21)29-23(26)17-20(18-11-5-3-6-12-18)25-24(27)19-13-7-4-8-14-19/h3-16,20H,2,17H2,1H3,(H,25,27). The van der Waals surface area contributed by atoms with E-state index in [1.54, 1.807) is 42.5 Å². The molecule has 1 unspecified atom stereocenters. The smallest absolute Gasteiger partial charge is 0.313 e. The highest BCUT2D eigenvalue weighted by Crippen LogP contribution is 2.28. The van der Waals surface area contributed by atoms with Crippen LogP contribution in [0.5, 0.6) is 11.5 Å². The zero-order valence-electron chi connectivity index (χ0n) is 16.2. The number of carbonyl (C=O) groups excluding carboxylic acids is 2. The molecular weight excluding hydrogens is 366 g/mol. The summed E-state index contributed by atoms with van der Waals surface area (Å²) in [6, 6.07) is 24.8. The minimum absolute atomic E-state index is 0.0109. The number of amides is 1. The van der Waals surface area contributed by atoms with Crippen molar-refractivity contribution in [3.8, 4) is 11.5 Å². The van der Waals surface area contributed by atoms with Crippen LogP contribution in [0.15, 0.2) is 84.9 Å². The third-order valence-electron chi connectivity index (χ3n) is 4.29. The summed E-state index contributed by atoms with van der Waals surface area (Å²) >= 11 is 0. The summed E-state index contributed by atoms with van der Waals surface area (Å²) in [6.07, 6.45) is -0.0109. The number of para-hydroxylation sites is 2. The molecule has 148 valence electrons. The van der Waals surface area contributed by atoms with Crippen molar-refractivity contribution in [3.63, 3.8) is 0 Å². The highest BCUT2D eigenvalue weighted by atomic mass is 16.6. The first-order valence-electron chi connectivity index (χ1n) is 9.50. The van der Waals surface area contributed by atoms with E-state index >= 15 is 0 Å². The molecule has 0 radical (unpaired) electrons. The number of nitrogens with one attached hydrogen (secondary N) is 1. The molecule has 3 rings (SSSR count). The second-order valence-electron chi connectivity index (χ2n) is 6.36. The van der Waals surface area contributed by atoms with Gasteiger partial charge in [0.25, 0.3) is 5.91 Å². The Balaban J connectivity index is 1.75. The molecule has 0 spiro atoms. The predicted molar refractivity (Wildman–Crippen MR) is 111 cm³/mol. The van der Waals surface area contributed by atoms with E-state index in [0.717, 1.165) is 5.56 Å². The van der Waals surface area contributed by atoms with Crippen LogP contribution in [0, 0.1) is 0 Å². The van der Waals surface area contributed by atoms with Gasteiger partial charge in [-0.05, 0) is 36.8 Å². The van der Waals surface area contributed by atoms with Gasteiger partial charge in [-0.15, -0.1) is 0 Å². The summed E-state index contributed by atoms with van der Waals surface area (Å²) in [5.74, 6) is 0.162. The second kappa shape index (κ2) is 10.1. The first-order valence-corrected chi connectivity index (χ1v) is 9.50. The van der Waals surface area contributed by atoms with Gasteiger partial charge in [0.05, 0.1) is 19.1 Å². The Morgan fingerprint density at radius 1 is 0.828 bits per heavy atom.